The zero-order chi connectivity index (χ0) is 16.1. The first-order valence-corrected chi connectivity index (χ1v) is 8.18. The van der Waals surface area contributed by atoms with Gasteiger partial charge in [-0.2, -0.15) is 0 Å². The number of aliphatic hydroxyl groups excluding tert-OH is 2. The molecular weight excluding hydrogens is 358 g/mol. The van der Waals surface area contributed by atoms with Crippen LogP contribution in [0.15, 0.2) is 29.3 Å². The number of aliphatic hydroxyl groups is 2. The number of hydrogen-bond donors (Lipinski definition) is 3. The van der Waals surface area contributed by atoms with E-state index in [2.05, 4.69) is 4.99 Å². The van der Waals surface area contributed by atoms with Gasteiger partial charge in [0.05, 0.1) is 12.1 Å². The van der Waals surface area contributed by atoms with Crippen LogP contribution in [0, 0.1) is 0 Å². The number of phenols is 1. The molecule has 0 bridgehead atoms. The fraction of sp³-hybridized carbons (Fsp3) is 0.500. The van der Waals surface area contributed by atoms with Crippen LogP contribution in [0.2, 0.25) is 0 Å². The molecular formula is C14H21MoNO5. The second-order valence-corrected chi connectivity index (χ2v) is 4.66. The van der Waals surface area contributed by atoms with Crippen molar-refractivity contribution in [1.29, 1.82) is 0 Å². The second-order valence-electron chi connectivity index (χ2n) is 4.32. The van der Waals surface area contributed by atoms with Crippen LogP contribution >= 0.6 is 0 Å². The maximum atomic E-state index is 9.74. The molecule has 0 amide bonds. The molecule has 0 aliphatic heterocycles. The molecule has 21 heavy (non-hydrogen) atoms. The van der Waals surface area contributed by atoms with Gasteiger partial charge >= 0.3 is 25.3 Å². The van der Waals surface area contributed by atoms with Crippen LogP contribution in [0.4, 0.5) is 0 Å². The Balaban J connectivity index is 0.000000713. The molecule has 1 aromatic rings. The number of phenolic OH excluding ortho intramolecular Hbond substituents is 1. The Morgan fingerprint density at radius 1 is 1.19 bits per heavy atom. The van der Waals surface area contributed by atoms with Gasteiger partial charge in [0.1, 0.15) is 5.75 Å². The predicted octanol–water partition coefficient (Wildman–Crippen LogP) is 1.48. The van der Waals surface area contributed by atoms with Crippen LogP contribution in [-0.2, 0) is 25.3 Å². The normalized spacial score (nSPS) is 20.7. The molecule has 0 aromatic heterocycles. The molecule has 1 fully saturated rings. The zero-order valence-electron chi connectivity index (χ0n) is 11.9. The van der Waals surface area contributed by atoms with E-state index in [1.807, 2.05) is 12.1 Å². The van der Waals surface area contributed by atoms with Crippen molar-refractivity contribution in [2.75, 3.05) is 7.11 Å². The monoisotopic (exact) mass is 381 g/mol. The molecule has 0 spiro atoms. The summed E-state index contributed by atoms with van der Waals surface area (Å²) >= 11 is -2.03. The van der Waals surface area contributed by atoms with Gasteiger partial charge in [0.25, 0.3) is 0 Å². The fourth-order valence-corrected chi connectivity index (χ4v) is 2.04. The van der Waals surface area contributed by atoms with E-state index in [1.54, 1.807) is 18.3 Å². The number of para-hydroxylation sites is 1. The molecule has 1 aromatic carbocycles. The van der Waals surface area contributed by atoms with Gasteiger partial charge in [-0.3, -0.25) is 4.99 Å². The molecule has 1 aliphatic carbocycles. The van der Waals surface area contributed by atoms with Gasteiger partial charge in [-0.1, -0.05) is 25.0 Å². The van der Waals surface area contributed by atoms with Gasteiger partial charge in [0.2, 0.25) is 0 Å². The van der Waals surface area contributed by atoms with Crippen LogP contribution in [0.5, 0.6) is 5.75 Å². The fourth-order valence-electron chi connectivity index (χ4n) is 2.04. The summed E-state index contributed by atoms with van der Waals surface area (Å²) in [5, 5.41) is 26.3. The molecule has 118 valence electrons. The van der Waals surface area contributed by atoms with E-state index in [1.165, 1.54) is 0 Å². The molecule has 0 saturated heterocycles. The average molecular weight is 379 g/mol. The molecule has 3 N–H and O–H groups in total. The summed E-state index contributed by atoms with van der Waals surface area (Å²) in [6.07, 6.45) is 5.32. The quantitative estimate of drug-likeness (QED) is 0.533. The zero-order valence-corrected chi connectivity index (χ0v) is 13.9. The Labute approximate surface area is 132 Å². The third-order valence-electron chi connectivity index (χ3n) is 3.04. The van der Waals surface area contributed by atoms with Crippen molar-refractivity contribution in [3.05, 3.63) is 29.8 Å². The van der Waals surface area contributed by atoms with Crippen molar-refractivity contribution in [1.82, 2.24) is 0 Å². The van der Waals surface area contributed by atoms with Gasteiger partial charge in [-0.15, -0.1) is 0 Å². The maximum absolute atomic E-state index is 9.74. The third-order valence-corrected chi connectivity index (χ3v) is 3.04. The Bertz CT molecular complexity index is 460. The minimum atomic E-state index is -2.03. The third kappa shape index (κ3) is 8.05. The molecule has 0 radical (unpaired) electrons. The van der Waals surface area contributed by atoms with Crippen LogP contribution in [0.3, 0.4) is 0 Å². The van der Waals surface area contributed by atoms with Crippen molar-refractivity contribution in [3.63, 3.8) is 0 Å². The van der Waals surface area contributed by atoms with Crippen molar-refractivity contribution >= 4 is 6.21 Å². The summed E-state index contributed by atoms with van der Waals surface area (Å²) in [7, 11) is 1.00. The van der Waals surface area contributed by atoms with Crippen molar-refractivity contribution in [2.24, 2.45) is 4.99 Å². The van der Waals surface area contributed by atoms with Gasteiger partial charge in [0, 0.05) is 18.9 Å². The van der Waals surface area contributed by atoms with Crippen molar-refractivity contribution in [3.8, 4) is 5.75 Å². The average Bonchev–Trinajstić information content (AvgIpc) is 2.51. The molecule has 0 heterocycles. The first kappa shape index (κ1) is 19.9. The second kappa shape index (κ2) is 12.6. The molecule has 2 rings (SSSR count). The van der Waals surface area contributed by atoms with Gasteiger partial charge in [-0.25, -0.2) is 0 Å². The number of hydrogen-bond acceptors (Lipinski definition) is 6. The van der Waals surface area contributed by atoms with Crippen molar-refractivity contribution in [2.45, 2.75) is 37.8 Å². The topological polar surface area (TPSA) is 107 Å². The molecule has 1 saturated carbocycles. The Morgan fingerprint density at radius 2 is 1.76 bits per heavy atom. The summed E-state index contributed by atoms with van der Waals surface area (Å²) in [5.41, 5.74) is 0.709. The van der Waals surface area contributed by atoms with Crippen LogP contribution < -0.4 is 0 Å². The van der Waals surface area contributed by atoms with Crippen LogP contribution in [0.25, 0.3) is 0 Å². The van der Waals surface area contributed by atoms with E-state index in [0.717, 1.165) is 32.8 Å². The Morgan fingerprint density at radius 3 is 2.33 bits per heavy atom. The molecule has 6 nitrogen and oxygen atoms in total. The SMILES string of the molecule is CO.Oc1ccccc1C=N[C@@H]1CCCC[C@H]1O.[O]=[Mo]=[O]. The van der Waals surface area contributed by atoms with Gasteiger partial charge < -0.3 is 15.3 Å². The predicted molar refractivity (Wildman–Crippen MR) is 73.5 cm³/mol. The van der Waals surface area contributed by atoms with E-state index >= 15 is 0 Å². The van der Waals surface area contributed by atoms with E-state index in [9.17, 15) is 10.2 Å². The first-order valence-electron chi connectivity index (χ1n) is 6.54. The van der Waals surface area contributed by atoms with E-state index < -0.39 is 18.5 Å². The Kier molecular flexibility index (Phi) is 12.0. The number of nitrogens with zero attached hydrogens (tertiary/aromatic N) is 1. The van der Waals surface area contributed by atoms with E-state index in [4.69, 9.17) is 11.9 Å². The molecule has 0 unspecified atom stereocenters. The van der Waals surface area contributed by atoms with E-state index in [-0.39, 0.29) is 17.9 Å². The molecule has 2 atom stereocenters. The van der Waals surface area contributed by atoms with E-state index in [0.29, 0.717) is 5.56 Å². The first-order chi connectivity index (χ1) is 10.2. The summed E-state index contributed by atoms with van der Waals surface area (Å²) in [5.74, 6) is 0.233. The van der Waals surface area contributed by atoms with Crippen LogP contribution in [0.1, 0.15) is 31.2 Å². The molecule has 1 aliphatic rings. The Hall–Kier alpha value is -1.10. The summed E-state index contributed by atoms with van der Waals surface area (Å²) in [6.45, 7) is 0. The summed E-state index contributed by atoms with van der Waals surface area (Å²) in [6, 6.07) is 7.08. The standard InChI is InChI=1S/C13H17NO2.CH4O.Mo.2O/c15-12-7-3-1-5-10(12)9-14-11-6-2-4-8-13(11)16;1-2;;;/h1,3,5,7,9,11,13,15-16H,2,4,6,8H2;2H,1H3;;;/t11-,13-;;;;/m1..../s1. The van der Waals surface area contributed by atoms with Gasteiger partial charge in [0.15, 0.2) is 0 Å². The summed E-state index contributed by atoms with van der Waals surface area (Å²) < 4.78 is 17.0. The van der Waals surface area contributed by atoms with Crippen molar-refractivity contribution < 1.29 is 40.6 Å². The summed E-state index contributed by atoms with van der Waals surface area (Å²) in [4.78, 5) is 4.36. The van der Waals surface area contributed by atoms with Crippen LogP contribution in [-0.4, -0.2) is 40.8 Å². The number of benzene rings is 1. The molecule has 7 heteroatoms. The number of rotatable bonds is 2. The minimum absolute atomic E-state index is 0.00615. The number of aliphatic imine (C=N–C) groups is 1. The van der Waals surface area contributed by atoms with Gasteiger partial charge in [-0.05, 0) is 25.0 Å². The number of aromatic hydroxyl groups is 1.